The summed E-state index contributed by atoms with van der Waals surface area (Å²) in [5, 5.41) is 9.41. The third-order valence-electron chi connectivity index (χ3n) is 2.72. The summed E-state index contributed by atoms with van der Waals surface area (Å²) in [6, 6.07) is 0. The number of aromatic nitrogens is 4. The van der Waals surface area contributed by atoms with Crippen LogP contribution in [0.4, 0.5) is 5.82 Å². The van der Waals surface area contributed by atoms with Gasteiger partial charge in [0.05, 0.1) is 12.4 Å². The van der Waals surface area contributed by atoms with Crippen LogP contribution in [0.25, 0.3) is 11.2 Å². The Kier molecular flexibility index (Phi) is 2.99. The van der Waals surface area contributed by atoms with Crippen LogP contribution in [-0.4, -0.2) is 31.1 Å². The molecule has 2 heterocycles. The number of nitrogens with zero attached hydrogens (tertiary/aromatic N) is 3. The number of allylic oxidation sites excluding steroid dienone is 1. The van der Waals surface area contributed by atoms with Crippen LogP contribution in [0.15, 0.2) is 18.5 Å². The summed E-state index contributed by atoms with van der Waals surface area (Å²) < 4.78 is 0. The molecule has 6 nitrogen and oxygen atoms in total. The zero-order valence-corrected chi connectivity index (χ0v) is 9.68. The van der Waals surface area contributed by atoms with E-state index in [9.17, 15) is 5.11 Å². The molecule has 7 heteroatoms. The number of hydrogen-bond donors (Lipinski definition) is 3. The molecule has 0 amide bonds. The van der Waals surface area contributed by atoms with E-state index in [0.717, 1.165) is 0 Å². The standard InChI is InChI=1S/C10H11N5O.ClH/c11-8-7-10(13-4-12-7)15-9(14-8)5-1-2-6(16)3-5;/h1-2,4-6,16H,3H2,(H3,11,12,13,14,15);1H/t5-,6+;/m0./s1. The highest BCUT2D eigenvalue weighted by molar-refractivity contribution is 5.85. The largest absolute Gasteiger partial charge is 0.389 e. The first-order valence-corrected chi connectivity index (χ1v) is 5.07. The normalized spacial score (nSPS) is 22.9. The molecule has 4 N–H and O–H groups in total. The molecule has 0 aromatic carbocycles. The van der Waals surface area contributed by atoms with Gasteiger partial charge in [0, 0.05) is 5.92 Å². The molecular weight excluding hydrogens is 242 g/mol. The van der Waals surface area contributed by atoms with Crippen molar-refractivity contribution < 1.29 is 5.11 Å². The van der Waals surface area contributed by atoms with E-state index in [0.29, 0.717) is 29.2 Å². The summed E-state index contributed by atoms with van der Waals surface area (Å²) in [7, 11) is 0. The van der Waals surface area contributed by atoms with Crippen molar-refractivity contribution in [3.8, 4) is 0 Å². The topological polar surface area (TPSA) is 101 Å². The lowest BCUT2D eigenvalue weighted by molar-refractivity contribution is 0.217. The second-order valence-electron chi connectivity index (χ2n) is 3.86. The number of anilines is 1. The van der Waals surface area contributed by atoms with Gasteiger partial charge in [0.15, 0.2) is 11.5 Å². The van der Waals surface area contributed by atoms with E-state index in [2.05, 4.69) is 19.9 Å². The first-order valence-electron chi connectivity index (χ1n) is 5.07. The molecule has 3 rings (SSSR count). The van der Waals surface area contributed by atoms with E-state index >= 15 is 0 Å². The third kappa shape index (κ3) is 1.96. The molecule has 0 fully saturated rings. The van der Waals surface area contributed by atoms with Gasteiger partial charge in [-0.25, -0.2) is 15.0 Å². The number of nitrogen functional groups attached to an aromatic ring is 1. The van der Waals surface area contributed by atoms with Crippen LogP contribution >= 0.6 is 12.4 Å². The Morgan fingerprint density at radius 3 is 2.88 bits per heavy atom. The zero-order valence-electron chi connectivity index (χ0n) is 8.87. The van der Waals surface area contributed by atoms with Gasteiger partial charge in [-0.1, -0.05) is 12.2 Å². The average Bonchev–Trinajstić information content (AvgIpc) is 2.85. The van der Waals surface area contributed by atoms with Crippen LogP contribution in [0.1, 0.15) is 18.2 Å². The van der Waals surface area contributed by atoms with Crippen LogP contribution in [-0.2, 0) is 0 Å². The third-order valence-corrected chi connectivity index (χ3v) is 2.72. The highest BCUT2D eigenvalue weighted by atomic mass is 35.5. The maximum Gasteiger partial charge on any atom is 0.183 e. The lowest BCUT2D eigenvalue weighted by Gasteiger charge is -2.07. The Morgan fingerprint density at radius 1 is 1.35 bits per heavy atom. The molecule has 1 aliphatic rings. The van der Waals surface area contributed by atoms with E-state index in [-0.39, 0.29) is 18.3 Å². The number of nitrogens with two attached hydrogens (primary N) is 1. The average molecular weight is 254 g/mol. The van der Waals surface area contributed by atoms with Crippen molar-refractivity contribution in [3.63, 3.8) is 0 Å². The predicted octanol–water partition coefficient (Wildman–Crippen LogP) is 0.761. The van der Waals surface area contributed by atoms with Crippen LogP contribution in [0, 0.1) is 0 Å². The minimum Gasteiger partial charge on any atom is -0.389 e. The molecule has 2 atom stereocenters. The molecule has 0 saturated heterocycles. The maximum absolute atomic E-state index is 9.41. The highest BCUT2D eigenvalue weighted by Crippen LogP contribution is 2.27. The molecule has 90 valence electrons. The molecule has 0 saturated carbocycles. The lowest BCUT2D eigenvalue weighted by atomic mass is 10.1. The molecule has 0 spiro atoms. The Labute approximate surface area is 103 Å². The van der Waals surface area contributed by atoms with Gasteiger partial charge in [-0.15, -0.1) is 12.4 Å². The minimum absolute atomic E-state index is 0. The van der Waals surface area contributed by atoms with E-state index < -0.39 is 6.10 Å². The first kappa shape index (κ1) is 11.8. The van der Waals surface area contributed by atoms with Gasteiger partial charge in [0.1, 0.15) is 11.3 Å². The number of halogens is 1. The molecule has 2 aromatic heterocycles. The van der Waals surface area contributed by atoms with Gasteiger partial charge in [0.2, 0.25) is 0 Å². The van der Waals surface area contributed by atoms with Crippen molar-refractivity contribution >= 4 is 29.4 Å². The van der Waals surface area contributed by atoms with Gasteiger partial charge >= 0.3 is 0 Å². The molecule has 0 bridgehead atoms. The van der Waals surface area contributed by atoms with Gasteiger partial charge in [-0.2, -0.15) is 0 Å². The van der Waals surface area contributed by atoms with Crippen LogP contribution in [0.5, 0.6) is 0 Å². The Morgan fingerprint density at radius 2 is 2.18 bits per heavy atom. The Hall–Kier alpha value is -1.66. The monoisotopic (exact) mass is 253 g/mol. The van der Waals surface area contributed by atoms with Crippen LogP contribution in [0.3, 0.4) is 0 Å². The molecular formula is C10H12ClN5O. The zero-order chi connectivity index (χ0) is 11.1. The lowest BCUT2D eigenvalue weighted by Crippen LogP contribution is -2.07. The number of aliphatic hydroxyl groups excluding tert-OH is 1. The van der Waals surface area contributed by atoms with Crippen molar-refractivity contribution in [2.45, 2.75) is 18.4 Å². The highest BCUT2D eigenvalue weighted by Gasteiger charge is 2.22. The van der Waals surface area contributed by atoms with Crippen LogP contribution in [0.2, 0.25) is 0 Å². The van der Waals surface area contributed by atoms with Gasteiger partial charge in [0.25, 0.3) is 0 Å². The number of rotatable bonds is 1. The van der Waals surface area contributed by atoms with Gasteiger partial charge in [-0.3, -0.25) is 0 Å². The van der Waals surface area contributed by atoms with E-state index in [1.54, 1.807) is 12.4 Å². The minimum atomic E-state index is -0.412. The van der Waals surface area contributed by atoms with Crippen molar-refractivity contribution in [1.29, 1.82) is 0 Å². The number of hydrogen-bond acceptors (Lipinski definition) is 5. The number of imidazole rings is 1. The summed E-state index contributed by atoms with van der Waals surface area (Å²) in [5.41, 5.74) is 7.02. The summed E-state index contributed by atoms with van der Waals surface area (Å²) in [6.45, 7) is 0. The van der Waals surface area contributed by atoms with Gasteiger partial charge in [-0.05, 0) is 6.42 Å². The smallest absolute Gasteiger partial charge is 0.183 e. The maximum atomic E-state index is 9.41. The fourth-order valence-corrected chi connectivity index (χ4v) is 1.91. The van der Waals surface area contributed by atoms with Crippen molar-refractivity contribution in [3.05, 3.63) is 24.3 Å². The summed E-state index contributed by atoms with van der Waals surface area (Å²) in [6.07, 6.45) is 5.38. The first-order chi connectivity index (χ1) is 7.74. The number of aromatic amines is 1. The molecule has 0 aliphatic heterocycles. The fraction of sp³-hybridized carbons (Fsp3) is 0.300. The molecule has 1 aliphatic carbocycles. The van der Waals surface area contributed by atoms with E-state index in [1.165, 1.54) is 0 Å². The number of H-pyrrole nitrogens is 1. The van der Waals surface area contributed by atoms with Crippen LogP contribution < -0.4 is 5.73 Å². The molecule has 17 heavy (non-hydrogen) atoms. The van der Waals surface area contributed by atoms with Crippen molar-refractivity contribution in [1.82, 2.24) is 19.9 Å². The number of fused-ring (bicyclic) bond motifs is 1. The Bertz CT molecular complexity index is 567. The summed E-state index contributed by atoms with van der Waals surface area (Å²) in [5.74, 6) is 1.04. The number of aliphatic hydroxyl groups is 1. The van der Waals surface area contributed by atoms with E-state index in [1.807, 2.05) is 6.08 Å². The summed E-state index contributed by atoms with van der Waals surface area (Å²) in [4.78, 5) is 15.5. The fourth-order valence-electron chi connectivity index (χ4n) is 1.91. The quantitative estimate of drug-likeness (QED) is 0.652. The van der Waals surface area contributed by atoms with Gasteiger partial charge < -0.3 is 15.8 Å². The number of nitrogens with one attached hydrogen (secondary N) is 1. The second kappa shape index (κ2) is 4.31. The molecule has 0 radical (unpaired) electrons. The van der Waals surface area contributed by atoms with Crippen molar-refractivity contribution in [2.75, 3.05) is 5.73 Å². The second-order valence-corrected chi connectivity index (χ2v) is 3.86. The summed E-state index contributed by atoms with van der Waals surface area (Å²) >= 11 is 0. The SMILES string of the molecule is Cl.Nc1nc([C@H]2C=C[C@@H](O)C2)nc2nc[nH]c12. The van der Waals surface area contributed by atoms with Crippen molar-refractivity contribution in [2.24, 2.45) is 0 Å². The molecule has 0 unspecified atom stereocenters. The predicted molar refractivity (Wildman–Crippen MR) is 65.8 cm³/mol. The Balaban J connectivity index is 0.00000108. The molecule has 2 aromatic rings. The van der Waals surface area contributed by atoms with E-state index in [4.69, 9.17) is 5.73 Å².